The molecular formula is C45H29N4S-. The molecule has 1 atom stereocenters. The van der Waals surface area contributed by atoms with Crippen LogP contribution in [0.2, 0.25) is 0 Å². The average molecular weight is 658 g/mol. The molecule has 236 valence electrons. The number of rotatable bonds is 4. The lowest BCUT2D eigenvalue weighted by atomic mass is 9.97. The fraction of sp³-hybridized carbons (Fsp3) is 0.0222. The number of thiophene rings is 1. The van der Waals surface area contributed by atoms with Crippen molar-refractivity contribution in [1.29, 1.82) is 0 Å². The minimum atomic E-state index is -0.411. The molecule has 0 radical (unpaired) electrons. The highest BCUT2D eigenvalue weighted by Crippen LogP contribution is 2.41. The molecule has 9 aromatic rings. The molecule has 2 aromatic heterocycles. The van der Waals surface area contributed by atoms with Gasteiger partial charge in [-0.2, -0.15) is 0 Å². The zero-order chi connectivity index (χ0) is 33.0. The molecule has 0 amide bonds. The van der Waals surface area contributed by atoms with Gasteiger partial charge in [-0.25, -0.2) is 0 Å². The van der Waals surface area contributed by atoms with E-state index in [2.05, 4.69) is 138 Å². The molecule has 7 aromatic carbocycles. The first-order valence-corrected chi connectivity index (χ1v) is 17.6. The maximum absolute atomic E-state index is 5.20. The number of para-hydroxylation sites is 1. The lowest BCUT2D eigenvalue weighted by Gasteiger charge is -2.31. The lowest BCUT2D eigenvalue weighted by molar-refractivity contribution is 0.868. The molecule has 10 rings (SSSR count). The Morgan fingerprint density at radius 3 is 2.04 bits per heavy atom. The van der Waals surface area contributed by atoms with Gasteiger partial charge in [-0.05, 0) is 67.8 Å². The third-order valence-electron chi connectivity index (χ3n) is 9.60. The molecule has 1 aliphatic rings. The summed E-state index contributed by atoms with van der Waals surface area (Å²) in [5.41, 5.74) is 8.89. The van der Waals surface area contributed by atoms with Gasteiger partial charge in [0.05, 0.1) is 5.84 Å². The zero-order valence-electron chi connectivity index (χ0n) is 26.9. The van der Waals surface area contributed by atoms with E-state index in [-0.39, 0.29) is 0 Å². The van der Waals surface area contributed by atoms with Crippen LogP contribution in [0.15, 0.2) is 180 Å². The van der Waals surface area contributed by atoms with E-state index in [1.165, 1.54) is 31.3 Å². The molecule has 0 spiro atoms. The van der Waals surface area contributed by atoms with Crippen molar-refractivity contribution in [2.75, 3.05) is 0 Å². The van der Waals surface area contributed by atoms with Crippen LogP contribution >= 0.6 is 11.3 Å². The van der Waals surface area contributed by atoms with Gasteiger partial charge in [0, 0.05) is 31.7 Å². The first-order valence-electron chi connectivity index (χ1n) is 16.8. The third-order valence-corrected chi connectivity index (χ3v) is 10.8. The molecule has 0 bridgehead atoms. The van der Waals surface area contributed by atoms with E-state index >= 15 is 0 Å². The van der Waals surface area contributed by atoms with E-state index in [4.69, 9.17) is 15.3 Å². The van der Waals surface area contributed by atoms with Crippen molar-refractivity contribution in [2.24, 2.45) is 9.98 Å². The van der Waals surface area contributed by atoms with Crippen LogP contribution in [0.3, 0.4) is 0 Å². The first-order chi connectivity index (χ1) is 24.8. The second-order valence-corrected chi connectivity index (χ2v) is 13.6. The minimum absolute atomic E-state index is 0.411. The predicted molar refractivity (Wildman–Crippen MR) is 212 cm³/mol. The Bertz CT molecular complexity index is 2790. The van der Waals surface area contributed by atoms with E-state index in [1.54, 1.807) is 0 Å². The van der Waals surface area contributed by atoms with Gasteiger partial charge in [-0.1, -0.05) is 152 Å². The SMILES string of the molecule is c1ccc(C2=NC(c3ccccc3)[N-]C(n3c4ccccc4c4ccc(-c5cccc(-c6cccc7c6sc6ccccc67)c5)cc43)=N2)cc1. The van der Waals surface area contributed by atoms with Gasteiger partial charge in [-0.15, -0.1) is 11.3 Å². The summed E-state index contributed by atoms with van der Waals surface area (Å²) in [5.74, 6) is 1.30. The number of hydrogen-bond acceptors (Lipinski definition) is 3. The smallest absolute Gasteiger partial charge is 0.111 e. The van der Waals surface area contributed by atoms with Crippen LogP contribution in [-0.2, 0) is 0 Å². The Morgan fingerprint density at radius 1 is 0.500 bits per heavy atom. The molecule has 0 N–H and O–H groups in total. The Kier molecular flexibility index (Phi) is 6.71. The fourth-order valence-corrected chi connectivity index (χ4v) is 8.46. The number of fused-ring (bicyclic) bond motifs is 6. The maximum Gasteiger partial charge on any atom is 0.111 e. The highest BCUT2D eigenvalue weighted by atomic mass is 32.1. The summed E-state index contributed by atoms with van der Waals surface area (Å²) in [5, 5.41) is 10.1. The highest BCUT2D eigenvalue weighted by molar-refractivity contribution is 7.26. The van der Waals surface area contributed by atoms with Crippen LogP contribution in [0.1, 0.15) is 17.3 Å². The van der Waals surface area contributed by atoms with E-state index in [1.807, 2.05) is 47.7 Å². The fourth-order valence-electron chi connectivity index (χ4n) is 7.22. The molecule has 50 heavy (non-hydrogen) atoms. The predicted octanol–water partition coefficient (Wildman–Crippen LogP) is 12.2. The van der Waals surface area contributed by atoms with Crippen LogP contribution in [0.25, 0.3) is 69.5 Å². The standard InChI is InChI=1S/C45H29N4S/c1-3-13-29(14-4-1)43-46-44(30-15-5-2-6-16-30)48-45(47-43)49-39-23-9-7-19-35(39)36-26-25-32(28-40(36)49)31-17-11-18-33(27-31)34-21-12-22-38-37-20-8-10-24-41(37)50-42(34)38/h1-28,43H/q-1. The van der Waals surface area contributed by atoms with Crippen LogP contribution in [-0.4, -0.2) is 16.4 Å². The Hall–Kier alpha value is -6.30. The maximum atomic E-state index is 5.20. The number of benzene rings is 7. The highest BCUT2D eigenvalue weighted by Gasteiger charge is 2.18. The van der Waals surface area contributed by atoms with E-state index < -0.39 is 6.17 Å². The van der Waals surface area contributed by atoms with Crippen molar-refractivity contribution in [2.45, 2.75) is 6.17 Å². The minimum Gasteiger partial charge on any atom is -0.367 e. The zero-order valence-corrected chi connectivity index (χ0v) is 27.8. The monoisotopic (exact) mass is 657 g/mol. The van der Waals surface area contributed by atoms with Gasteiger partial charge < -0.3 is 14.9 Å². The third kappa shape index (κ3) is 4.74. The number of aliphatic imine (C=N–C) groups is 2. The quantitative estimate of drug-likeness (QED) is 0.181. The molecular weight excluding hydrogens is 629 g/mol. The number of aromatic nitrogens is 1. The van der Waals surface area contributed by atoms with E-state index in [0.717, 1.165) is 44.1 Å². The summed E-state index contributed by atoms with van der Waals surface area (Å²) >= 11 is 1.87. The molecule has 1 aliphatic heterocycles. The van der Waals surface area contributed by atoms with Gasteiger partial charge in [0.15, 0.2) is 0 Å². The van der Waals surface area contributed by atoms with Gasteiger partial charge in [-0.3, -0.25) is 4.99 Å². The van der Waals surface area contributed by atoms with Crippen molar-refractivity contribution in [1.82, 2.24) is 4.57 Å². The second kappa shape index (κ2) is 11.7. The van der Waals surface area contributed by atoms with Gasteiger partial charge >= 0.3 is 0 Å². The van der Waals surface area contributed by atoms with Crippen LogP contribution < -0.4 is 0 Å². The molecule has 1 unspecified atom stereocenters. The van der Waals surface area contributed by atoms with Crippen molar-refractivity contribution < 1.29 is 0 Å². The normalized spacial score (nSPS) is 14.6. The van der Waals surface area contributed by atoms with E-state index in [9.17, 15) is 0 Å². The molecule has 3 heterocycles. The molecule has 5 heteroatoms. The van der Waals surface area contributed by atoms with Gasteiger partial charge in [0.25, 0.3) is 0 Å². The average Bonchev–Trinajstić information content (AvgIpc) is 3.74. The van der Waals surface area contributed by atoms with Crippen molar-refractivity contribution in [3.8, 4) is 22.3 Å². The molecule has 0 aliphatic carbocycles. The lowest BCUT2D eigenvalue weighted by Crippen LogP contribution is -2.20. The van der Waals surface area contributed by atoms with Crippen LogP contribution in [0.5, 0.6) is 0 Å². The summed E-state index contributed by atoms with van der Waals surface area (Å²) in [6.45, 7) is 0. The largest absolute Gasteiger partial charge is 0.367 e. The molecule has 4 nitrogen and oxygen atoms in total. The number of nitrogens with zero attached hydrogens (tertiary/aromatic N) is 4. The van der Waals surface area contributed by atoms with Crippen molar-refractivity contribution in [3.63, 3.8) is 0 Å². The van der Waals surface area contributed by atoms with Crippen molar-refractivity contribution >= 4 is 65.1 Å². The molecule has 0 saturated heterocycles. The topological polar surface area (TPSA) is 43.8 Å². The van der Waals surface area contributed by atoms with Crippen LogP contribution in [0, 0.1) is 0 Å². The Labute approximate surface area is 293 Å². The van der Waals surface area contributed by atoms with Gasteiger partial charge in [0.2, 0.25) is 0 Å². The summed E-state index contributed by atoms with van der Waals surface area (Å²) in [4.78, 5) is 10.2. The first kappa shape index (κ1) is 28.7. The molecule has 0 saturated carbocycles. The van der Waals surface area contributed by atoms with Crippen molar-refractivity contribution in [3.05, 3.63) is 186 Å². The van der Waals surface area contributed by atoms with E-state index in [0.29, 0.717) is 11.8 Å². The molecule has 0 fully saturated rings. The number of amidine groups is 1. The van der Waals surface area contributed by atoms with Crippen LogP contribution in [0.4, 0.5) is 0 Å². The Balaban J connectivity index is 1.14. The number of hydrogen-bond donors (Lipinski definition) is 0. The summed E-state index contributed by atoms with van der Waals surface area (Å²) in [6.07, 6.45) is -0.411. The summed E-state index contributed by atoms with van der Waals surface area (Å²) in [7, 11) is 0. The summed E-state index contributed by atoms with van der Waals surface area (Å²) in [6, 6.07) is 60.0. The second-order valence-electron chi connectivity index (χ2n) is 12.6. The van der Waals surface area contributed by atoms with Gasteiger partial charge in [0.1, 0.15) is 6.17 Å². The summed E-state index contributed by atoms with van der Waals surface area (Å²) < 4.78 is 4.85. The Morgan fingerprint density at radius 2 is 1.16 bits per heavy atom.